The third-order valence-electron chi connectivity index (χ3n) is 7.27. The van der Waals surface area contributed by atoms with Gasteiger partial charge in [-0.3, -0.25) is 29.0 Å². The van der Waals surface area contributed by atoms with Crippen LogP contribution in [0.1, 0.15) is 54.4 Å². The smallest absolute Gasteiger partial charge is 0.326 e. The van der Waals surface area contributed by atoms with Crippen LogP contribution in [0.5, 0.6) is 0 Å². The first-order valence-electron chi connectivity index (χ1n) is 15.0. The van der Waals surface area contributed by atoms with Gasteiger partial charge in [0.1, 0.15) is 18.1 Å². The molecule has 3 atom stereocenters. The van der Waals surface area contributed by atoms with E-state index in [2.05, 4.69) is 31.2 Å². The summed E-state index contributed by atoms with van der Waals surface area (Å²) in [4.78, 5) is 101. The van der Waals surface area contributed by atoms with Gasteiger partial charge in [0.05, 0.1) is 10.9 Å². The molecule has 50 heavy (non-hydrogen) atoms. The number of benzene rings is 2. The number of nitrogens with zero attached hydrogens (tertiary/aromatic N) is 1. The topological polar surface area (TPSA) is 320 Å². The third kappa shape index (κ3) is 11.6. The summed E-state index contributed by atoms with van der Waals surface area (Å²) in [6.45, 7) is 0.318. The summed E-state index contributed by atoms with van der Waals surface area (Å²) in [7, 11) is 0. The van der Waals surface area contributed by atoms with Crippen LogP contribution in [-0.2, 0) is 35.3 Å². The lowest BCUT2D eigenvalue weighted by molar-refractivity contribution is -0.144. The molecule has 0 unspecified atom stereocenters. The van der Waals surface area contributed by atoms with Gasteiger partial charge in [-0.2, -0.15) is 0 Å². The van der Waals surface area contributed by atoms with E-state index in [1.54, 1.807) is 30.3 Å². The maximum atomic E-state index is 12.8. The molecule has 1 heterocycles. The van der Waals surface area contributed by atoms with E-state index < -0.39 is 98.2 Å². The van der Waals surface area contributed by atoms with Crippen LogP contribution in [0, 0.1) is 0 Å². The van der Waals surface area contributed by atoms with Crippen molar-refractivity contribution in [3.05, 3.63) is 63.9 Å². The number of aromatic nitrogens is 2. The Morgan fingerprint density at radius 3 is 1.76 bits per heavy atom. The van der Waals surface area contributed by atoms with Crippen molar-refractivity contribution in [2.24, 2.45) is 0 Å². The SMILES string of the molecule is Nc1nc2ccc(NCc3ccc(C(=O)N[C@@H](CCC(=O)N[C@@H](CCC(=O)N[C@@H](CCC(=O)O)C(=O)O)C(=O)O)C(=O)O)cc3)cc2c(=O)[nH]1. The molecule has 0 aliphatic heterocycles. The van der Waals surface area contributed by atoms with Gasteiger partial charge in [0, 0.05) is 37.1 Å². The zero-order valence-corrected chi connectivity index (χ0v) is 26.3. The second kappa shape index (κ2) is 17.6. The maximum Gasteiger partial charge on any atom is 0.326 e. The van der Waals surface area contributed by atoms with Crippen LogP contribution >= 0.6 is 0 Å². The summed E-state index contributed by atoms with van der Waals surface area (Å²) in [5, 5.41) is 47.0. The predicted octanol–water partition coefficient (Wildman–Crippen LogP) is -0.136. The van der Waals surface area contributed by atoms with Crippen molar-refractivity contribution in [2.75, 3.05) is 11.1 Å². The second-order valence-corrected chi connectivity index (χ2v) is 11.0. The zero-order chi connectivity index (χ0) is 37.0. The number of aliphatic carboxylic acids is 4. The number of nitrogens with two attached hydrogens (primary N) is 1. The van der Waals surface area contributed by atoms with Gasteiger partial charge in [-0.05, 0) is 55.2 Å². The van der Waals surface area contributed by atoms with Crippen LogP contribution in [0.15, 0.2) is 47.3 Å². The fourth-order valence-electron chi connectivity index (χ4n) is 4.61. The number of rotatable bonds is 19. The first kappa shape index (κ1) is 37.9. The number of carboxylic acids is 4. The fourth-order valence-corrected chi connectivity index (χ4v) is 4.61. The largest absolute Gasteiger partial charge is 0.481 e. The summed E-state index contributed by atoms with van der Waals surface area (Å²) in [6.07, 6.45) is -2.79. The van der Waals surface area contributed by atoms with Gasteiger partial charge in [0.15, 0.2) is 0 Å². The Hall–Kier alpha value is -6.53. The molecule has 0 bridgehead atoms. The van der Waals surface area contributed by atoms with E-state index in [4.69, 9.17) is 15.9 Å². The highest BCUT2D eigenvalue weighted by molar-refractivity contribution is 5.96. The molecule has 0 aliphatic rings. The van der Waals surface area contributed by atoms with Gasteiger partial charge in [-0.25, -0.2) is 19.4 Å². The normalized spacial score (nSPS) is 12.6. The van der Waals surface area contributed by atoms with Crippen molar-refractivity contribution in [2.45, 2.75) is 63.2 Å². The van der Waals surface area contributed by atoms with Crippen LogP contribution in [0.4, 0.5) is 11.6 Å². The molecule has 0 fully saturated rings. The number of anilines is 2. The number of amides is 3. The molecule has 19 nitrogen and oxygen atoms in total. The van der Waals surface area contributed by atoms with Crippen LogP contribution in [-0.4, -0.2) is 90.1 Å². The number of nitrogens with one attached hydrogen (secondary N) is 5. The Bertz CT molecular complexity index is 1830. The number of carbonyl (C=O) groups excluding carboxylic acids is 3. The number of hydrogen-bond donors (Lipinski definition) is 10. The molecule has 3 amide bonds. The molecule has 3 rings (SSSR count). The maximum absolute atomic E-state index is 12.8. The molecule has 2 aromatic carbocycles. The number of nitrogen functional groups attached to an aromatic ring is 1. The molecular weight excluding hydrogens is 662 g/mol. The first-order chi connectivity index (χ1) is 23.6. The van der Waals surface area contributed by atoms with Crippen LogP contribution < -0.4 is 32.6 Å². The van der Waals surface area contributed by atoms with Crippen molar-refractivity contribution in [3.8, 4) is 0 Å². The average Bonchev–Trinajstić information content (AvgIpc) is 3.05. The number of hydrogen-bond acceptors (Lipinski definition) is 11. The van der Waals surface area contributed by atoms with E-state index >= 15 is 0 Å². The summed E-state index contributed by atoms with van der Waals surface area (Å²) in [5.74, 6) is -8.20. The van der Waals surface area contributed by atoms with Gasteiger partial charge in [0.25, 0.3) is 11.5 Å². The van der Waals surface area contributed by atoms with Crippen molar-refractivity contribution in [1.82, 2.24) is 25.9 Å². The highest BCUT2D eigenvalue weighted by atomic mass is 16.4. The monoisotopic (exact) mass is 697 g/mol. The van der Waals surface area contributed by atoms with Gasteiger partial charge < -0.3 is 47.4 Å². The zero-order valence-electron chi connectivity index (χ0n) is 26.3. The average molecular weight is 698 g/mol. The van der Waals surface area contributed by atoms with E-state index in [0.29, 0.717) is 23.1 Å². The Labute approximate surface area is 282 Å². The van der Waals surface area contributed by atoms with Crippen molar-refractivity contribution >= 4 is 64.1 Å². The molecule has 266 valence electrons. The Morgan fingerprint density at radius 1 is 0.720 bits per heavy atom. The van der Waals surface area contributed by atoms with E-state index in [1.165, 1.54) is 12.1 Å². The molecule has 0 spiro atoms. The van der Waals surface area contributed by atoms with Crippen molar-refractivity contribution in [3.63, 3.8) is 0 Å². The van der Waals surface area contributed by atoms with Crippen LogP contribution in [0.3, 0.4) is 0 Å². The number of aromatic amines is 1. The number of carbonyl (C=O) groups is 7. The predicted molar refractivity (Wildman–Crippen MR) is 174 cm³/mol. The highest BCUT2D eigenvalue weighted by Crippen LogP contribution is 2.16. The number of H-pyrrole nitrogens is 1. The molecule has 0 saturated heterocycles. The standard InChI is InChI=1S/C31H35N7O12/c32-31-37-19-6-5-17(13-18(19)27(44)38-31)33-14-15-1-3-16(4-2-15)26(43)36-22(30(49)50)8-11-24(40)34-20(28(45)46)7-10-23(39)35-21(29(47)48)9-12-25(41)42/h1-6,13,20-22,33H,7-12,14H2,(H,34,40)(H,35,39)(H,36,43)(H,41,42)(H,45,46)(H,47,48)(H,49,50)(H3,32,37,38,44)/t20-,21-,22-/m0/s1. The van der Waals surface area contributed by atoms with Gasteiger partial charge in [-0.1, -0.05) is 12.1 Å². The molecule has 19 heteroatoms. The molecule has 0 radical (unpaired) electrons. The second-order valence-electron chi connectivity index (χ2n) is 11.0. The summed E-state index contributed by atoms with van der Waals surface area (Å²) >= 11 is 0. The summed E-state index contributed by atoms with van der Waals surface area (Å²) in [6, 6.07) is 6.56. The molecule has 0 aliphatic carbocycles. The van der Waals surface area contributed by atoms with E-state index in [-0.39, 0.29) is 17.1 Å². The van der Waals surface area contributed by atoms with Gasteiger partial charge >= 0.3 is 23.9 Å². The quantitative estimate of drug-likeness (QED) is 0.0779. The van der Waals surface area contributed by atoms with E-state index in [9.17, 15) is 48.6 Å². The van der Waals surface area contributed by atoms with Gasteiger partial charge in [-0.15, -0.1) is 0 Å². The number of fused-ring (bicyclic) bond motifs is 1. The van der Waals surface area contributed by atoms with E-state index in [0.717, 1.165) is 5.56 Å². The Kier molecular flexibility index (Phi) is 13.3. The minimum atomic E-state index is -1.58. The lowest BCUT2D eigenvalue weighted by Crippen LogP contribution is -2.45. The lowest BCUT2D eigenvalue weighted by Gasteiger charge is -2.18. The van der Waals surface area contributed by atoms with E-state index in [1.807, 2.05) is 0 Å². The lowest BCUT2D eigenvalue weighted by atomic mass is 10.1. The number of carboxylic acid groups (broad SMARTS) is 4. The van der Waals surface area contributed by atoms with Crippen molar-refractivity contribution in [1.29, 1.82) is 0 Å². The minimum Gasteiger partial charge on any atom is -0.481 e. The molecular formula is C31H35N7O12. The molecule has 11 N–H and O–H groups in total. The van der Waals surface area contributed by atoms with Gasteiger partial charge in [0.2, 0.25) is 17.8 Å². The first-order valence-corrected chi connectivity index (χ1v) is 15.0. The highest BCUT2D eigenvalue weighted by Gasteiger charge is 2.26. The third-order valence-corrected chi connectivity index (χ3v) is 7.27. The summed E-state index contributed by atoms with van der Waals surface area (Å²) in [5.41, 5.74) is 7.11. The molecule has 3 aromatic rings. The Morgan fingerprint density at radius 2 is 1.24 bits per heavy atom. The molecule has 1 aromatic heterocycles. The fraction of sp³-hybridized carbons (Fsp3) is 0.323. The summed E-state index contributed by atoms with van der Waals surface area (Å²) < 4.78 is 0. The minimum absolute atomic E-state index is 0.00210. The Balaban J connectivity index is 1.49. The van der Waals surface area contributed by atoms with Crippen LogP contribution in [0.25, 0.3) is 10.9 Å². The molecule has 0 saturated carbocycles. The van der Waals surface area contributed by atoms with Crippen LogP contribution in [0.2, 0.25) is 0 Å². The van der Waals surface area contributed by atoms with Crippen molar-refractivity contribution < 1.29 is 54.0 Å².